The normalized spacial score (nSPS) is 15.6. The van der Waals surface area contributed by atoms with Gasteiger partial charge in [-0.2, -0.15) is 0 Å². The van der Waals surface area contributed by atoms with E-state index in [2.05, 4.69) is 6.92 Å². The second kappa shape index (κ2) is 12.0. The van der Waals surface area contributed by atoms with Gasteiger partial charge in [-0.05, 0) is 19.3 Å². The molecule has 0 bridgehead atoms. The summed E-state index contributed by atoms with van der Waals surface area (Å²) in [5.74, 6) is -0.877. The van der Waals surface area contributed by atoms with E-state index in [1.54, 1.807) is 6.92 Å². The molecule has 3 heteroatoms. The number of aliphatic hydroxyl groups is 1. The van der Waals surface area contributed by atoms with Crippen molar-refractivity contribution < 1.29 is 15.0 Å². The van der Waals surface area contributed by atoms with Crippen LogP contribution in [-0.4, -0.2) is 21.8 Å². The molecular formula is C18H36O3. The summed E-state index contributed by atoms with van der Waals surface area (Å²) in [6.07, 6.45) is 13.8. The molecule has 0 spiro atoms. The van der Waals surface area contributed by atoms with Gasteiger partial charge < -0.3 is 10.2 Å². The van der Waals surface area contributed by atoms with Crippen molar-refractivity contribution in [3.63, 3.8) is 0 Å². The zero-order chi connectivity index (χ0) is 16.1. The predicted octanol–water partition coefficient (Wildman–Crippen LogP) is 5.16. The smallest absolute Gasteiger partial charge is 0.306 e. The highest BCUT2D eigenvalue weighted by molar-refractivity contribution is 5.68. The molecule has 0 heterocycles. The molecule has 0 aliphatic heterocycles. The van der Waals surface area contributed by atoms with E-state index in [1.807, 2.05) is 6.92 Å². The van der Waals surface area contributed by atoms with Crippen LogP contribution < -0.4 is 0 Å². The van der Waals surface area contributed by atoms with Crippen molar-refractivity contribution in [2.24, 2.45) is 5.92 Å². The standard InChI is InChI=1S/C18H36O3/c1-4-5-6-7-8-9-10-11-12-13-14-16(2)18(3,21)15-17(19)20/h16,21H,4-15H2,1-3H3,(H,19,20). The van der Waals surface area contributed by atoms with E-state index >= 15 is 0 Å². The molecule has 0 saturated heterocycles. The van der Waals surface area contributed by atoms with E-state index in [9.17, 15) is 9.90 Å². The summed E-state index contributed by atoms with van der Waals surface area (Å²) < 4.78 is 0. The van der Waals surface area contributed by atoms with Crippen molar-refractivity contribution in [1.82, 2.24) is 0 Å². The molecule has 2 unspecified atom stereocenters. The van der Waals surface area contributed by atoms with Gasteiger partial charge in [0.2, 0.25) is 0 Å². The minimum Gasteiger partial charge on any atom is -0.481 e. The molecule has 2 atom stereocenters. The van der Waals surface area contributed by atoms with E-state index < -0.39 is 11.6 Å². The van der Waals surface area contributed by atoms with E-state index in [4.69, 9.17) is 5.11 Å². The molecule has 2 N–H and O–H groups in total. The molecule has 3 nitrogen and oxygen atoms in total. The van der Waals surface area contributed by atoms with Crippen molar-refractivity contribution in [2.45, 2.75) is 103 Å². The average molecular weight is 300 g/mol. The second-order valence-corrected chi connectivity index (χ2v) is 6.80. The van der Waals surface area contributed by atoms with Crippen molar-refractivity contribution in [3.8, 4) is 0 Å². The first kappa shape index (κ1) is 20.4. The summed E-state index contributed by atoms with van der Waals surface area (Å²) in [6, 6.07) is 0. The first-order chi connectivity index (χ1) is 9.90. The zero-order valence-corrected chi connectivity index (χ0v) is 14.4. The Morgan fingerprint density at radius 1 is 0.952 bits per heavy atom. The number of aliphatic carboxylic acids is 1. The van der Waals surface area contributed by atoms with Crippen LogP contribution in [0, 0.1) is 5.92 Å². The van der Waals surface area contributed by atoms with Gasteiger partial charge in [-0.1, -0.05) is 78.1 Å². The van der Waals surface area contributed by atoms with Crippen molar-refractivity contribution in [2.75, 3.05) is 0 Å². The molecular weight excluding hydrogens is 264 g/mol. The van der Waals surface area contributed by atoms with Gasteiger partial charge in [0.05, 0.1) is 12.0 Å². The summed E-state index contributed by atoms with van der Waals surface area (Å²) in [6.45, 7) is 5.84. The first-order valence-corrected chi connectivity index (χ1v) is 8.84. The molecule has 0 aromatic carbocycles. The maximum absolute atomic E-state index is 10.7. The Balaban J connectivity index is 3.47. The van der Waals surface area contributed by atoms with Gasteiger partial charge in [0, 0.05) is 0 Å². The molecule has 0 saturated carbocycles. The molecule has 0 aliphatic rings. The molecule has 126 valence electrons. The zero-order valence-electron chi connectivity index (χ0n) is 14.4. The number of hydrogen-bond acceptors (Lipinski definition) is 2. The Kier molecular flexibility index (Phi) is 11.7. The van der Waals surface area contributed by atoms with Crippen molar-refractivity contribution in [1.29, 1.82) is 0 Å². The molecule has 21 heavy (non-hydrogen) atoms. The summed E-state index contributed by atoms with van der Waals surface area (Å²) in [5, 5.41) is 18.9. The summed E-state index contributed by atoms with van der Waals surface area (Å²) >= 11 is 0. The maximum Gasteiger partial charge on any atom is 0.306 e. The number of hydrogen-bond donors (Lipinski definition) is 2. The predicted molar refractivity (Wildman–Crippen MR) is 88.5 cm³/mol. The highest BCUT2D eigenvalue weighted by Gasteiger charge is 2.30. The summed E-state index contributed by atoms with van der Waals surface area (Å²) in [5.41, 5.74) is -1.08. The van der Waals surface area contributed by atoms with Crippen molar-refractivity contribution in [3.05, 3.63) is 0 Å². The summed E-state index contributed by atoms with van der Waals surface area (Å²) in [4.78, 5) is 10.7. The van der Waals surface area contributed by atoms with Crippen LogP contribution in [0.25, 0.3) is 0 Å². The van der Waals surface area contributed by atoms with E-state index in [0.29, 0.717) is 0 Å². The molecule has 0 amide bonds. The Bertz CT molecular complexity index is 261. The molecule has 0 aliphatic carbocycles. The fraction of sp³-hybridized carbons (Fsp3) is 0.944. The lowest BCUT2D eigenvalue weighted by Gasteiger charge is -2.28. The Morgan fingerprint density at radius 3 is 1.81 bits per heavy atom. The lowest BCUT2D eigenvalue weighted by Crippen LogP contribution is -2.35. The quantitative estimate of drug-likeness (QED) is 0.436. The fourth-order valence-electron chi connectivity index (χ4n) is 2.73. The molecule has 0 aromatic rings. The number of rotatable bonds is 14. The van der Waals surface area contributed by atoms with Gasteiger partial charge in [0.1, 0.15) is 0 Å². The van der Waals surface area contributed by atoms with Crippen LogP contribution in [0.15, 0.2) is 0 Å². The highest BCUT2D eigenvalue weighted by Crippen LogP contribution is 2.26. The third-order valence-electron chi connectivity index (χ3n) is 4.56. The van der Waals surface area contributed by atoms with Crippen LogP contribution >= 0.6 is 0 Å². The molecule has 0 fully saturated rings. The lowest BCUT2D eigenvalue weighted by atomic mass is 9.84. The number of carboxylic acids is 1. The van der Waals surface area contributed by atoms with Crippen LogP contribution in [0.5, 0.6) is 0 Å². The molecule has 0 radical (unpaired) electrons. The number of carbonyl (C=O) groups is 1. The van der Waals surface area contributed by atoms with Gasteiger partial charge in [-0.3, -0.25) is 4.79 Å². The third kappa shape index (κ3) is 11.7. The van der Waals surface area contributed by atoms with Crippen LogP contribution in [0.3, 0.4) is 0 Å². The second-order valence-electron chi connectivity index (χ2n) is 6.80. The maximum atomic E-state index is 10.7. The third-order valence-corrected chi connectivity index (χ3v) is 4.56. The SMILES string of the molecule is CCCCCCCCCCCCC(C)C(C)(O)CC(=O)O. The van der Waals surface area contributed by atoms with Gasteiger partial charge in [-0.15, -0.1) is 0 Å². The lowest BCUT2D eigenvalue weighted by molar-refractivity contribution is -0.144. The minimum absolute atomic E-state index is 0.0441. The van der Waals surface area contributed by atoms with E-state index in [1.165, 1.54) is 57.8 Å². The minimum atomic E-state index is -1.08. The van der Waals surface area contributed by atoms with Crippen LogP contribution in [0.2, 0.25) is 0 Å². The fourth-order valence-corrected chi connectivity index (χ4v) is 2.73. The Morgan fingerprint density at radius 2 is 1.38 bits per heavy atom. The summed E-state index contributed by atoms with van der Waals surface area (Å²) in [7, 11) is 0. The van der Waals surface area contributed by atoms with Crippen molar-refractivity contribution >= 4 is 5.97 Å². The largest absolute Gasteiger partial charge is 0.481 e. The van der Waals surface area contributed by atoms with Crippen LogP contribution in [0.1, 0.15) is 97.8 Å². The monoisotopic (exact) mass is 300 g/mol. The topological polar surface area (TPSA) is 57.5 Å². The van der Waals surface area contributed by atoms with Gasteiger partial charge in [0.25, 0.3) is 0 Å². The molecule has 0 rings (SSSR count). The number of carboxylic acid groups (broad SMARTS) is 1. The number of unbranched alkanes of at least 4 members (excludes halogenated alkanes) is 9. The van der Waals surface area contributed by atoms with Crippen LogP contribution in [-0.2, 0) is 4.79 Å². The Labute approximate surface area is 131 Å². The average Bonchev–Trinajstić information content (AvgIpc) is 2.39. The van der Waals surface area contributed by atoms with Gasteiger partial charge >= 0.3 is 5.97 Å². The molecule has 0 aromatic heterocycles. The van der Waals surface area contributed by atoms with Gasteiger partial charge in [0.15, 0.2) is 0 Å². The van der Waals surface area contributed by atoms with E-state index in [-0.39, 0.29) is 12.3 Å². The van der Waals surface area contributed by atoms with Crippen LogP contribution in [0.4, 0.5) is 0 Å². The van der Waals surface area contributed by atoms with Gasteiger partial charge in [-0.25, -0.2) is 0 Å². The Hall–Kier alpha value is -0.570. The first-order valence-electron chi connectivity index (χ1n) is 8.84. The van der Waals surface area contributed by atoms with E-state index in [0.717, 1.165) is 12.8 Å². The highest BCUT2D eigenvalue weighted by atomic mass is 16.4.